The number of hydrogen-bond acceptors (Lipinski definition) is 4. The molecule has 1 saturated heterocycles. The van der Waals surface area contributed by atoms with Gasteiger partial charge in [0.1, 0.15) is 6.42 Å². The molecule has 1 N–H and O–H groups in total. The number of amides is 4. The number of nitrogens with one attached hydrogen (secondary N) is 1. The molecule has 0 aromatic heterocycles. The molecule has 0 aliphatic carbocycles. The van der Waals surface area contributed by atoms with E-state index in [9.17, 15) is 18.8 Å². The van der Waals surface area contributed by atoms with Gasteiger partial charge in [-0.1, -0.05) is 0 Å². The number of carbonyl (C=O) groups excluding carboxylic acids is 3. The van der Waals surface area contributed by atoms with Crippen LogP contribution in [-0.2, 0) is 9.59 Å². The molecule has 1 aliphatic rings. The average molecular weight is 252 g/mol. The standard InChI is InChI=1S/C11H9FN2O4/c1-18-8-4-6(2-3-7(8)12)14-10(16)5-9(15)13-11(14)17/h2-4H,5H2,1H3,(H,13,15,17). The monoisotopic (exact) mass is 252 g/mol. The van der Waals surface area contributed by atoms with E-state index in [1.165, 1.54) is 19.2 Å². The summed E-state index contributed by atoms with van der Waals surface area (Å²) in [4.78, 5) is 34.9. The molecule has 4 amide bonds. The highest BCUT2D eigenvalue weighted by Crippen LogP contribution is 2.25. The fourth-order valence-corrected chi connectivity index (χ4v) is 1.60. The van der Waals surface area contributed by atoms with E-state index in [1.807, 2.05) is 5.32 Å². The van der Waals surface area contributed by atoms with Gasteiger partial charge in [-0.05, 0) is 12.1 Å². The minimum atomic E-state index is -0.857. The summed E-state index contributed by atoms with van der Waals surface area (Å²) < 4.78 is 18.0. The molecule has 1 fully saturated rings. The summed E-state index contributed by atoms with van der Waals surface area (Å²) in [5, 5.41) is 2.00. The maximum absolute atomic E-state index is 13.2. The molecule has 1 aliphatic heterocycles. The molecule has 0 radical (unpaired) electrons. The number of imide groups is 2. The van der Waals surface area contributed by atoms with Crippen LogP contribution in [0.25, 0.3) is 0 Å². The van der Waals surface area contributed by atoms with Gasteiger partial charge in [0.05, 0.1) is 12.8 Å². The fraction of sp³-hybridized carbons (Fsp3) is 0.182. The van der Waals surface area contributed by atoms with E-state index >= 15 is 0 Å². The van der Waals surface area contributed by atoms with Gasteiger partial charge in [-0.3, -0.25) is 14.9 Å². The number of methoxy groups -OCH3 is 1. The van der Waals surface area contributed by atoms with E-state index in [-0.39, 0.29) is 11.4 Å². The van der Waals surface area contributed by atoms with Crippen molar-refractivity contribution in [3.8, 4) is 5.75 Å². The third-order valence-corrected chi connectivity index (χ3v) is 2.40. The van der Waals surface area contributed by atoms with Crippen molar-refractivity contribution < 1.29 is 23.5 Å². The number of hydrogen-bond donors (Lipinski definition) is 1. The van der Waals surface area contributed by atoms with Gasteiger partial charge >= 0.3 is 6.03 Å². The summed E-state index contributed by atoms with van der Waals surface area (Å²) in [6.07, 6.45) is -0.425. The lowest BCUT2D eigenvalue weighted by Gasteiger charge is -2.24. The number of nitrogens with zero attached hydrogens (tertiary/aromatic N) is 1. The number of halogens is 1. The zero-order valence-electron chi connectivity index (χ0n) is 9.40. The van der Waals surface area contributed by atoms with Crippen LogP contribution in [0.3, 0.4) is 0 Å². The molecule has 2 rings (SSSR count). The van der Waals surface area contributed by atoms with Crippen molar-refractivity contribution in [1.29, 1.82) is 0 Å². The van der Waals surface area contributed by atoms with E-state index in [2.05, 4.69) is 0 Å². The first-order valence-electron chi connectivity index (χ1n) is 5.03. The van der Waals surface area contributed by atoms with Gasteiger partial charge in [0.15, 0.2) is 11.6 Å². The first-order valence-corrected chi connectivity index (χ1v) is 5.03. The Kier molecular flexibility index (Phi) is 2.97. The number of carbonyl (C=O) groups is 3. The quantitative estimate of drug-likeness (QED) is 0.790. The number of ether oxygens (including phenoxy) is 1. The zero-order valence-corrected chi connectivity index (χ0v) is 9.40. The number of barbiturate groups is 1. The Balaban J connectivity index is 2.39. The predicted molar refractivity (Wildman–Crippen MR) is 58.6 cm³/mol. The molecule has 7 heteroatoms. The minimum absolute atomic E-state index is 0.0926. The Morgan fingerprint density at radius 1 is 1.33 bits per heavy atom. The highest BCUT2D eigenvalue weighted by molar-refractivity contribution is 6.26. The van der Waals surface area contributed by atoms with Crippen LogP contribution in [-0.4, -0.2) is 25.0 Å². The van der Waals surface area contributed by atoms with E-state index in [1.54, 1.807) is 0 Å². The van der Waals surface area contributed by atoms with Crippen molar-refractivity contribution in [2.45, 2.75) is 6.42 Å². The molecular formula is C11H9FN2O4. The Bertz CT molecular complexity index is 524. The molecule has 0 atom stereocenters. The Morgan fingerprint density at radius 3 is 2.67 bits per heavy atom. The van der Waals surface area contributed by atoms with Gasteiger partial charge in [0.2, 0.25) is 11.8 Å². The molecule has 1 aromatic carbocycles. The molecule has 18 heavy (non-hydrogen) atoms. The Hall–Kier alpha value is -2.44. The van der Waals surface area contributed by atoms with Gasteiger partial charge < -0.3 is 4.74 Å². The number of anilines is 1. The second kappa shape index (κ2) is 4.44. The van der Waals surface area contributed by atoms with Crippen LogP contribution < -0.4 is 15.0 Å². The Morgan fingerprint density at radius 2 is 2.06 bits per heavy atom. The summed E-state index contributed by atoms with van der Waals surface area (Å²) in [7, 11) is 1.27. The van der Waals surface area contributed by atoms with E-state index < -0.39 is 30.1 Å². The van der Waals surface area contributed by atoms with Crippen molar-refractivity contribution >= 4 is 23.5 Å². The minimum Gasteiger partial charge on any atom is -0.494 e. The second-order valence-electron chi connectivity index (χ2n) is 3.58. The first kappa shape index (κ1) is 12.0. The van der Waals surface area contributed by atoms with Crippen molar-refractivity contribution in [2.24, 2.45) is 0 Å². The summed E-state index contributed by atoms with van der Waals surface area (Å²) in [6, 6.07) is 2.68. The van der Waals surface area contributed by atoms with Crippen molar-refractivity contribution in [1.82, 2.24) is 5.32 Å². The molecule has 1 heterocycles. The van der Waals surface area contributed by atoms with E-state index in [0.717, 1.165) is 11.0 Å². The van der Waals surface area contributed by atoms with Gasteiger partial charge in [0.25, 0.3) is 0 Å². The molecule has 1 aromatic rings. The highest BCUT2D eigenvalue weighted by atomic mass is 19.1. The van der Waals surface area contributed by atoms with Crippen molar-refractivity contribution in [3.05, 3.63) is 24.0 Å². The lowest BCUT2D eigenvalue weighted by atomic mass is 10.2. The summed E-state index contributed by atoms with van der Waals surface area (Å²) >= 11 is 0. The van der Waals surface area contributed by atoms with Gasteiger partial charge in [-0.2, -0.15) is 0 Å². The maximum atomic E-state index is 13.2. The molecule has 0 saturated carbocycles. The van der Waals surface area contributed by atoms with Crippen LogP contribution in [0, 0.1) is 5.82 Å². The van der Waals surface area contributed by atoms with Gasteiger partial charge in [-0.15, -0.1) is 0 Å². The van der Waals surface area contributed by atoms with Crippen molar-refractivity contribution in [2.75, 3.05) is 12.0 Å². The smallest absolute Gasteiger partial charge is 0.335 e. The van der Waals surface area contributed by atoms with Crippen LogP contribution in [0.1, 0.15) is 6.42 Å². The zero-order chi connectivity index (χ0) is 13.3. The molecule has 0 bridgehead atoms. The fourth-order valence-electron chi connectivity index (χ4n) is 1.60. The van der Waals surface area contributed by atoms with E-state index in [0.29, 0.717) is 0 Å². The van der Waals surface area contributed by atoms with Crippen LogP contribution in [0.15, 0.2) is 18.2 Å². The molecule has 0 spiro atoms. The Labute approximate surface area is 101 Å². The second-order valence-corrected chi connectivity index (χ2v) is 3.58. The topological polar surface area (TPSA) is 75.7 Å². The van der Waals surface area contributed by atoms with E-state index in [4.69, 9.17) is 4.74 Å². The number of urea groups is 1. The van der Waals surface area contributed by atoms with Crippen LogP contribution >= 0.6 is 0 Å². The molecular weight excluding hydrogens is 243 g/mol. The summed E-state index contributed by atoms with van der Waals surface area (Å²) in [6.45, 7) is 0. The lowest BCUT2D eigenvalue weighted by Crippen LogP contribution is -2.52. The molecule has 94 valence electrons. The molecule has 0 unspecified atom stereocenters. The van der Waals surface area contributed by atoms with Crippen LogP contribution in [0.2, 0.25) is 0 Å². The SMILES string of the molecule is COc1cc(N2C(=O)CC(=O)NC2=O)ccc1F. The average Bonchev–Trinajstić information content (AvgIpc) is 2.30. The van der Waals surface area contributed by atoms with Crippen LogP contribution in [0.4, 0.5) is 14.9 Å². The lowest BCUT2D eigenvalue weighted by molar-refractivity contribution is -0.128. The van der Waals surface area contributed by atoms with Gasteiger partial charge in [0, 0.05) is 6.07 Å². The van der Waals surface area contributed by atoms with Crippen LogP contribution in [0.5, 0.6) is 5.75 Å². The summed E-state index contributed by atoms with van der Waals surface area (Å²) in [5.74, 6) is -2.03. The predicted octanol–water partition coefficient (Wildman–Crippen LogP) is 0.807. The molecule has 6 nitrogen and oxygen atoms in total. The van der Waals surface area contributed by atoms with Gasteiger partial charge in [-0.25, -0.2) is 14.1 Å². The number of rotatable bonds is 2. The van der Waals surface area contributed by atoms with Crippen molar-refractivity contribution in [3.63, 3.8) is 0 Å². The maximum Gasteiger partial charge on any atom is 0.335 e. The third kappa shape index (κ3) is 2.02. The largest absolute Gasteiger partial charge is 0.494 e. The highest BCUT2D eigenvalue weighted by Gasteiger charge is 2.32. The normalized spacial score (nSPS) is 15.7. The first-order chi connectivity index (χ1) is 8.52. The third-order valence-electron chi connectivity index (χ3n) is 2.40. The number of benzene rings is 1. The summed E-state index contributed by atoms with van der Waals surface area (Å²) in [5.41, 5.74) is 0.142.